The quantitative estimate of drug-likeness (QED) is 0.162. The largest absolute Gasteiger partial charge is 0.368 e. The van der Waals surface area contributed by atoms with Crippen LogP contribution >= 0.6 is 0 Å². The molecule has 3 aliphatic rings. The molecule has 222 valence electrons. The van der Waals surface area contributed by atoms with Crippen LogP contribution in [0.2, 0.25) is 0 Å². The minimum absolute atomic E-state index is 0.953. The number of rotatable bonds is 0. The lowest BCUT2D eigenvalue weighted by molar-refractivity contribution is 1.20. The number of nitrogens with one attached hydrogen (secondary N) is 3. The Morgan fingerprint density at radius 3 is 0.957 bits per heavy atom. The second kappa shape index (κ2) is 11.2. The van der Waals surface area contributed by atoms with Crippen molar-refractivity contribution in [3.05, 3.63) is 158 Å². The average Bonchev–Trinajstić information content (AvgIpc) is 3.76. The van der Waals surface area contributed by atoms with Crippen molar-refractivity contribution in [1.29, 1.82) is 0 Å². The van der Waals surface area contributed by atoms with E-state index in [9.17, 15) is 0 Å². The lowest BCUT2D eigenvalue weighted by Gasteiger charge is -1.97. The van der Waals surface area contributed by atoms with Gasteiger partial charge in [-0.25, -0.2) is 9.97 Å². The van der Waals surface area contributed by atoms with Gasteiger partial charge < -0.3 is 15.3 Å². The fourth-order valence-corrected chi connectivity index (χ4v) is 6.67. The lowest BCUT2D eigenvalue weighted by atomic mass is 10.0. The third kappa shape index (κ3) is 4.73. The Hall–Kier alpha value is -6.46. The van der Waals surface area contributed by atoms with Crippen LogP contribution in [-0.2, 0) is 0 Å². The van der Waals surface area contributed by atoms with Crippen LogP contribution in [0, 0.1) is 0 Å². The van der Waals surface area contributed by atoms with E-state index in [1.807, 2.05) is 36.7 Å². The zero-order valence-corrected chi connectivity index (χ0v) is 25.4. The van der Waals surface area contributed by atoms with E-state index < -0.39 is 0 Å². The van der Waals surface area contributed by atoms with Gasteiger partial charge in [-0.1, -0.05) is 109 Å². The van der Waals surface area contributed by atoms with Crippen molar-refractivity contribution >= 4 is 43.6 Å². The van der Waals surface area contributed by atoms with Gasteiger partial charge in [-0.2, -0.15) is 0 Å². The molecule has 8 bridgehead atoms. The van der Waals surface area contributed by atoms with Gasteiger partial charge in [0.15, 0.2) is 0 Å². The number of benzene rings is 4. The van der Waals surface area contributed by atoms with Crippen molar-refractivity contribution in [3.63, 3.8) is 0 Å². The van der Waals surface area contributed by atoms with E-state index in [0.29, 0.717) is 0 Å². The highest BCUT2D eigenvalue weighted by Crippen LogP contribution is 2.40. The Labute approximate surface area is 271 Å². The number of H-pyrrole nitrogens is 2. The zero-order valence-electron chi connectivity index (χ0n) is 25.4. The second-order valence-corrected chi connectivity index (χ2v) is 11.7. The molecule has 0 spiro atoms. The number of hydrogen-bond acceptors (Lipinski definition) is 3. The average molecular weight is 604 g/mol. The van der Waals surface area contributed by atoms with Crippen molar-refractivity contribution in [2.24, 2.45) is 0 Å². The van der Waals surface area contributed by atoms with Crippen LogP contribution in [0.4, 0.5) is 0 Å². The molecule has 0 amide bonds. The first-order chi connectivity index (χ1) is 23.3. The number of fused-ring (bicyclic) bond motifs is 20. The SMILES string of the molecule is C1=CC=CNC=C1.c1ccc2c(c1)-c1cc3[nH]c(cc4nc(cc5[nH]c(cc-2n1)c1ccccc51)-c1ccccc1-4)c1ccccc31. The molecule has 0 fully saturated rings. The van der Waals surface area contributed by atoms with Crippen molar-refractivity contribution in [2.45, 2.75) is 0 Å². The molecule has 6 heterocycles. The van der Waals surface area contributed by atoms with Crippen molar-refractivity contribution in [3.8, 4) is 45.0 Å². The maximum atomic E-state index is 5.17. The van der Waals surface area contributed by atoms with Gasteiger partial charge in [0.05, 0.1) is 22.8 Å². The van der Waals surface area contributed by atoms with Crippen LogP contribution in [-0.4, -0.2) is 19.9 Å². The molecule has 4 aromatic carbocycles. The summed E-state index contributed by atoms with van der Waals surface area (Å²) in [5.41, 5.74) is 12.5. The van der Waals surface area contributed by atoms with Gasteiger partial charge in [-0.05, 0) is 36.4 Å². The summed E-state index contributed by atoms with van der Waals surface area (Å²) in [5, 5.41) is 7.58. The van der Waals surface area contributed by atoms with E-state index in [1.165, 1.54) is 0 Å². The zero-order chi connectivity index (χ0) is 31.2. The highest BCUT2D eigenvalue weighted by molar-refractivity contribution is 6.10. The fraction of sp³-hybridized carbons (Fsp3) is 0. The van der Waals surface area contributed by atoms with E-state index >= 15 is 0 Å². The van der Waals surface area contributed by atoms with Gasteiger partial charge >= 0.3 is 0 Å². The number of allylic oxidation sites excluding steroid dienone is 4. The molecule has 3 N–H and O–H groups in total. The topological polar surface area (TPSA) is 69.4 Å². The van der Waals surface area contributed by atoms with Crippen LogP contribution in [0.1, 0.15) is 0 Å². The molecule has 0 unspecified atom stereocenters. The summed E-state index contributed by atoms with van der Waals surface area (Å²) in [6, 6.07) is 42.7. The first-order valence-electron chi connectivity index (χ1n) is 15.8. The molecule has 5 heteroatoms. The Morgan fingerprint density at radius 1 is 0.340 bits per heavy atom. The second-order valence-electron chi connectivity index (χ2n) is 11.7. The van der Waals surface area contributed by atoms with Crippen LogP contribution in [0.15, 0.2) is 158 Å². The normalized spacial score (nSPS) is 12.6. The van der Waals surface area contributed by atoms with E-state index in [2.05, 4.69) is 137 Å². The molecule has 0 radical (unpaired) electrons. The molecule has 0 atom stereocenters. The van der Waals surface area contributed by atoms with Crippen LogP contribution in [0.5, 0.6) is 0 Å². The summed E-state index contributed by atoms with van der Waals surface area (Å²) < 4.78 is 0. The van der Waals surface area contributed by atoms with Crippen LogP contribution in [0.25, 0.3) is 88.6 Å². The van der Waals surface area contributed by atoms with E-state index in [0.717, 1.165) is 88.6 Å². The molecule has 0 saturated heterocycles. The van der Waals surface area contributed by atoms with Crippen molar-refractivity contribution < 1.29 is 0 Å². The monoisotopic (exact) mass is 603 g/mol. The highest BCUT2D eigenvalue weighted by atomic mass is 14.8. The summed E-state index contributed by atoms with van der Waals surface area (Å²) in [7, 11) is 0. The Balaban J connectivity index is 0.000000387. The summed E-state index contributed by atoms with van der Waals surface area (Å²) in [6.45, 7) is 0. The predicted octanol–water partition coefficient (Wildman–Crippen LogP) is 10.5. The molecule has 0 saturated carbocycles. The minimum atomic E-state index is 0.953. The molecule has 5 nitrogen and oxygen atoms in total. The predicted molar refractivity (Wildman–Crippen MR) is 195 cm³/mol. The maximum Gasteiger partial charge on any atom is 0.0737 e. The van der Waals surface area contributed by atoms with Gasteiger partial charge in [-0.15, -0.1) is 0 Å². The van der Waals surface area contributed by atoms with Gasteiger partial charge in [0.1, 0.15) is 0 Å². The first kappa shape index (κ1) is 26.9. The van der Waals surface area contributed by atoms with Gasteiger partial charge in [0.25, 0.3) is 0 Å². The highest BCUT2D eigenvalue weighted by Gasteiger charge is 2.19. The summed E-state index contributed by atoms with van der Waals surface area (Å²) in [6.07, 6.45) is 11.6. The smallest absolute Gasteiger partial charge is 0.0737 e. The summed E-state index contributed by atoms with van der Waals surface area (Å²) in [5.74, 6) is 0. The van der Waals surface area contributed by atoms with E-state index in [1.54, 1.807) is 0 Å². The van der Waals surface area contributed by atoms with E-state index in [-0.39, 0.29) is 0 Å². The van der Waals surface area contributed by atoms with E-state index in [4.69, 9.17) is 9.97 Å². The molecular weight excluding hydrogens is 574 g/mol. The maximum absolute atomic E-state index is 5.17. The van der Waals surface area contributed by atoms with Gasteiger partial charge in [-0.3, -0.25) is 0 Å². The molecule has 7 aromatic rings. The number of nitrogens with zero attached hydrogens (tertiary/aromatic N) is 2. The summed E-state index contributed by atoms with van der Waals surface area (Å²) >= 11 is 0. The third-order valence-electron chi connectivity index (χ3n) is 8.84. The Morgan fingerprint density at radius 2 is 0.638 bits per heavy atom. The molecule has 0 aliphatic carbocycles. The number of aromatic nitrogens is 4. The van der Waals surface area contributed by atoms with Crippen molar-refractivity contribution in [2.75, 3.05) is 0 Å². The molecule has 10 rings (SSSR count). The van der Waals surface area contributed by atoms with Gasteiger partial charge in [0.2, 0.25) is 0 Å². The van der Waals surface area contributed by atoms with Crippen LogP contribution in [0.3, 0.4) is 0 Å². The number of aromatic amines is 2. The molecular formula is C42H29N5. The van der Waals surface area contributed by atoms with Crippen LogP contribution < -0.4 is 5.32 Å². The fourth-order valence-electron chi connectivity index (χ4n) is 6.67. The molecule has 3 aliphatic heterocycles. The molecule has 47 heavy (non-hydrogen) atoms. The standard InChI is InChI=1S/C36H22N4.C6H7N/c1-2-10-22-21(9-1)29-17-31-23-11-3-4-12-24(23)33(38-31)19-35-27-15-7-8-16-28(27)36(40-35)20-34-26-14-6-5-13-25(26)32(39-34)18-30(22)37-29;1-2-4-6-7-5-3-1/h1-20,37,40H;1-7H. The third-order valence-corrected chi connectivity index (χ3v) is 8.84. The Kier molecular flexibility index (Phi) is 6.39. The number of hydrogen-bond donors (Lipinski definition) is 3. The first-order valence-corrected chi connectivity index (χ1v) is 15.8. The molecule has 3 aromatic heterocycles. The van der Waals surface area contributed by atoms with Gasteiger partial charge in [0, 0.05) is 78.3 Å². The van der Waals surface area contributed by atoms with Crippen molar-refractivity contribution in [1.82, 2.24) is 25.3 Å². The Bertz CT molecular complexity index is 2280. The summed E-state index contributed by atoms with van der Waals surface area (Å²) in [4.78, 5) is 17.8. The minimum Gasteiger partial charge on any atom is -0.368 e. The lowest BCUT2D eigenvalue weighted by Crippen LogP contribution is -1.87.